The van der Waals surface area contributed by atoms with Crippen molar-refractivity contribution < 1.29 is 28.3 Å². The average Bonchev–Trinajstić information content (AvgIpc) is 3.41. The normalized spacial score (nSPS) is 22.0. The summed E-state index contributed by atoms with van der Waals surface area (Å²) in [6, 6.07) is 19.9. The summed E-state index contributed by atoms with van der Waals surface area (Å²) < 4.78 is 22.1. The van der Waals surface area contributed by atoms with Gasteiger partial charge in [0.05, 0.1) is 12.5 Å². The molecule has 206 valence electrons. The zero-order valence-electron chi connectivity index (χ0n) is 22.3. The summed E-state index contributed by atoms with van der Waals surface area (Å²) in [5.41, 5.74) is 2.32. The van der Waals surface area contributed by atoms with Crippen LogP contribution in [0.3, 0.4) is 0 Å². The second-order valence-corrected chi connectivity index (χ2v) is 13.6. The highest BCUT2D eigenvalue weighted by Gasteiger charge is 2.49. The third kappa shape index (κ3) is 11.2. The van der Waals surface area contributed by atoms with E-state index in [9.17, 15) is 18.9 Å². The van der Waals surface area contributed by atoms with Crippen LogP contribution in [0.2, 0.25) is 0 Å². The summed E-state index contributed by atoms with van der Waals surface area (Å²) in [6.45, 7) is 1.59. The lowest BCUT2D eigenvalue weighted by Gasteiger charge is -2.21. The first-order valence-electron chi connectivity index (χ1n) is 13.3. The van der Waals surface area contributed by atoms with Gasteiger partial charge in [-0.25, -0.2) is 0 Å². The van der Waals surface area contributed by atoms with E-state index in [1.165, 1.54) is 0 Å². The van der Waals surface area contributed by atoms with Crippen LogP contribution in [0.1, 0.15) is 36.8 Å². The molecule has 0 bridgehead atoms. The molecule has 0 amide bonds. The van der Waals surface area contributed by atoms with Gasteiger partial charge in [-0.2, -0.15) is 0 Å². The molecule has 39 heavy (non-hydrogen) atoms. The molecule has 1 saturated carbocycles. The summed E-state index contributed by atoms with van der Waals surface area (Å²) in [5.74, 6) is 0.211. The number of esters is 1. The number of hydrogen-bond acceptors (Lipinski definition) is 6. The molecular weight excluding hydrogens is 548 g/mol. The maximum atomic E-state index is 12.2. The van der Waals surface area contributed by atoms with Crippen molar-refractivity contribution in [3.8, 4) is 0 Å². The maximum Gasteiger partial charge on any atom is 0.343 e. The van der Waals surface area contributed by atoms with Crippen LogP contribution in [-0.4, -0.2) is 48.9 Å². The smallest absolute Gasteiger partial charge is 0.343 e. The highest BCUT2D eigenvalue weighted by molar-refractivity contribution is 7.92. The molecule has 0 radical (unpaired) electrons. The average molecular weight is 585 g/mol. The van der Waals surface area contributed by atoms with Crippen molar-refractivity contribution in [3.05, 3.63) is 83.9 Å². The number of fused-ring (bicyclic) bond motifs is 1. The molecular formula is C29H37BO6P3+. The van der Waals surface area contributed by atoms with Gasteiger partial charge in [-0.05, 0) is 30.0 Å². The van der Waals surface area contributed by atoms with Crippen molar-refractivity contribution in [3.63, 3.8) is 0 Å². The van der Waals surface area contributed by atoms with Crippen molar-refractivity contribution in [1.82, 2.24) is 0 Å². The molecule has 4 rings (SSSR count). The minimum atomic E-state index is -1.32. The van der Waals surface area contributed by atoms with Crippen LogP contribution in [0.4, 0.5) is 0 Å². The van der Waals surface area contributed by atoms with E-state index in [1.54, 1.807) is 12.7 Å². The van der Waals surface area contributed by atoms with E-state index >= 15 is 0 Å². The summed E-state index contributed by atoms with van der Waals surface area (Å²) in [4.78, 5) is 35.0. The van der Waals surface area contributed by atoms with Gasteiger partial charge in [-0.15, -0.1) is 18.2 Å². The Labute approximate surface area is 237 Å². The first-order valence-corrected chi connectivity index (χ1v) is 16.5. The van der Waals surface area contributed by atoms with Crippen LogP contribution in [0, 0.1) is 11.8 Å². The van der Waals surface area contributed by atoms with Crippen molar-refractivity contribution in [2.45, 2.75) is 50.7 Å². The third-order valence-electron chi connectivity index (χ3n) is 6.82. The molecule has 0 N–H and O–H groups in total. The number of hydrogen-bond donors (Lipinski definition) is 0. The van der Waals surface area contributed by atoms with Gasteiger partial charge in [0.25, 0.3) is 0 Å². The highest BCUT2D eigenvalue weighted by atomic mass is 31.1. The number of Topliss-reactive ketones (excluding diaryl/α,β-unsaturated/α-hetero) is 1. The number of ketones is 2. The van der Waals surface area contributed by atoms with E-state index in [0.29, 0.717) is 25.7 Å². The Morgan fingerprint density at radius 3 is 2.18 bits per heavy atom. The molecule has 0 aromatic heterocycles. The van der Waals surface area contributed by atoms with Gasteiger partial charge < -0.3 is 9.39 Å². The SMILES string of the molecule is C[P+](=O)CC(=O)CCc1ccccc1.O=C(/C=C/[C@H]1[C@H](OB(P)P)CC2OC(=O)C[C@@H]21)CCc1ccccc1. The molecule has 2 aliphatic rings. The van der Waals surface area contributed by atoms with Crippen LogP contribution in [0.5, 0.6) is 0 Å². The lowest BCUT2D eigenvalue weighted by molar-refractivity contribution is -0.141. The Balaban J connectivity index is 0.000000255. The van der Waals surface area contributed by atoms with Gasteiger partial charge in [-0.1, -0.05) is 71.3 Å². The van der Waals surface area contributed by atoms with Gasteiger partial charge in [-0.3, -0.25) is 14.4 Å². The third-order valence-corrected chi connectivity index (χ3v) is 7.94. The molecule has 1 aliphatic heterocycles. The molecule has 6 nitrogen and oxygen atoms in total. The molecule has 2 fully saturated rings. The fourth-order valence-corrected chi connectivity index (χ4v) is 6.04. The number of benzene rings is 2. The van der Waals surface area contributed by atoms with Gasteiger partial charge in [0, 0.05) is 31.1 Å². The molecule has 2 aromatic rings. The molecule has 2 aromatic carbocycles. The van der Waals surface area contributed by atoms with Crippen LogP contribution in [-0.2, 0) is 41.2 Å². The minimum absolute atomic E-state index is 0.0266. The molecule has 4 unspecified atom stereocenters. The predicted molar refractivity (Wildman–Crippen MR) is 163 cm³/mol. The van der Waals surface area contributed by atoms with E-state index in [0.717, 1.165) is 24.0 Å². The Morgan fingerprint density at radius 2 is 1.62 bits per heavy atom. The largest absolute Gasteiger partial charge is 0.462 e. The van der Waals surface area contributed by atoms with Gasteiger partial charge >= 0.3 is 20.1 Å². The van der Waals surface area contributed by atoms with E-state index in [4.69, 9.17) is 9.39 Å². The number of aryl methyl sites for hydroxylation is 2. The second kappa shape index (κ2) is 16.3. The Hall–Kier alpha value is -2.03. The summed E-state index contributed by atoms with van der Waals surface area (Å²) >= 11 is 0. The standard InChI is InChI=1S/C18H23BO4P2.C11H14O2P/c20-13(7-6-12-4-2-1-3-5-12)8-9-14-15-10-18(21)22-16(15)11-17(14)23-19(24)25;1-14(13)9-11(12)8-7-10-5-3-2-4-6-10/h1-5,8-9,14-17H,6-7,10-11,24-25H2;2-6H,7-9H2,1H3/q;+1/b9-8+;/t14-,15-,16?,17-;/m1./s1. The monoisotopic (exact) mass is 585 g/mol. The zero-order chi connectivity index (χ0) is 28.2. The van der Waals surface area contributed by atoms with E-state index in [1.807, 2.05) is 66.7 Å². The fraction of sp³-hybridized carbons (Fsp3) is 0.414. The van der Waals surface area contributed by atoms with Crippen molar-refractivity contribution in [2.75, 3.05) is 12.8 Å². The Bertz CT molecular complexity index is 1140. The van der Waals surface area contributed by atoms with Gasteiger partial charge in [0.15, 0.2) is 11.6 Å². The van der Waals surface area contributed by atoms with Gasteiger partial charge in [0.2, 0.25) is 6.16 Å². The van der Waals surface area contributed by atoms with Gasteiger partial charge in [0.1, 0.15) is 12.8 Å². The fourth-order valence-electron chi connectivity index (χ4n) is 4.98. The van der Waals surface area contributed by atoms with Crippen LogP contribution < -0.4 is 0 Å². The van der Waals surface area contributed by atoms with Crippen molar-refractivity contribution in [1.29, 1.82) is 0 Å². The molecule has 1 aliphatic carbocycles. The molecule has 0 spiro atoms. The summed E-state index contributed by atoms with van der Waals surface area (Å²) in [7, 11) is 3.87. The number of carbonyl (C=O) groups excluding carboxylic acids is 3. The van der Waals surface area contributed by atoms with Crippen LogP contribution in [0.25, 0.3) is 0 Å². The number of allylic oxidation sites excluding steroid dienone is 1. The maximum absolute atomic E-state index is 12.2. The molecule has 10 heteroatoms. The minimum Gasteiger partial charge on any atom is -0.462 e. The van der Waals surface area contributed by atoms with E-state index in [-0.39, 0.29) is 54.1 Å². The van der Waals surface area contributed by atoms with Crippen molar-refractivity contribution >= 4 is 49.9 Å². The number of carbonyl (C=O) groups is 3. The molecule has 1 heterocycles. The second-order valence-electron chi connectivity index (χ2n) is 9.97. The van der Waals surface area contributed by atoms with E-state index < -0.39 is 7.80 Å². The molecule has 1 saturated heterocycles. The summed E-state index contributed by atoms with van der Waals surface area (Å²) in [6.07, 6.45) is 7.24. The zero-order valence-corrected chi connectivity index (χ0v) is 25.5. The topological polar surface area (TPSA) is 86.7 Å². The number of ether oxygens (including phenoxy) is 1. The molecule has 7 atom stereocenters. The lowest BCUT2D eigenvalue weighted by Crippen LogP contribution is -2.24. The van der Waals surface area contributed by atoms with Crippen LogP contribution in [0.15, 0.2) is 72.8 Å². The first kappa shape index (κ1) is 31.5. The highest BCUT2D eigenvalue weighted by Crippen LogP contribution is 2.44. The quantitative estimate of drug-likeness (QED) is 0.142. The van der Waals surface area contributed by atoms with E-state index in [2.05, 4.69) is 18.2 Å². The first-order chi connectivity index (χ1) is 18.7. The predicted octanol–water partition coefficient (Wildman–Crippen LogP) is 5.46. The van der Waals surface area contributed by atoms with Crippen molar-refractivity contribution in [2.24, 2.45) is 11.8 Å². The summed E-state index contributed by atoms with van der Waals surface area (Å²) in [5, 5.41) is 0. The Morgan fingerprint density at radius 1 is 1.03 bits per heavy atom. The number of rotatable bonds is 12. The van der Waals surface area contributed by atoms with Crippen LogP contribution >= 0.6 is 26.0 Å². The Kier molecular flexibility index (Phi) is 13.2. The lowest BCUT2D eigenvalue weighted by atomic mass is 9.91.